The van der Waals surface area contributed by atoms with E-state index in [1.807, 2.05) is 27.7 Å². The fourth-order valence-electron chi connectivity index (χ4n) is 6.05. The number of hydrogen-bond acceptors (Lipinski definition) is 8. The van der Waals surface area contributed by atoms with Gasteiger partial charge in [-0.2, -0.15) is 19.0 Å². The van der Waals surface area contributed by atoms with Gasteiger partial charge < -0.3 is 15.8 Å². The number of guanidine groups is 1. The Morgan fingerprint density at radius 3 is 2.45 bits per heavy atom. The molecule has 0 bridgehead atoms. The second-order valence-corrected chi connectivity index (χ2v) is 14.5. The highest BCUT2D eigenvalue weighted by Gasteiger charge is 2.53. The highest BCUT2D eigenvalue weighted by atomic mass is 35.5. The Morgan fingerprint density at radius 2 is 1.86 bits per heavy atom. The molecule has 15 heteroatoms. The zero-order valence-corrected chi connectivity index (χ0v) is 28.6. The first kappa shape index (κ1) is 34.0. The molecule has 258 valence electrons. The van der Waals surface area contributed by atoms with Gasteiger partial charge in [-0.1, -0.05) is 62.7 Å². The summed E-state index contributed by atoms with van der Waals surface area (Å²) in [7, 11) is 0. The number of amides is 2. The molecule has 2 aromatic heterocycles. The van der Waals surface area contributed by atoms with E-state index < -0.39 is 35.5 Å². The molecule has 2 atom stereocenters. The summed E-state index contributed by atoms with van der Waals surface area (Å²) in [6, 6.07) is 11.3. The molecule has 12 nitrogen and oxygen atoms in total. The lowest BCUT2D eigenvalue weighted by atomic mass is 9.75. The zero-order valence-electron chi connectivity index (χ0n) is 27.8. The van der Waals surface area contributed by atoms with E-state index in [9.17, 15) is 18.4 Å². The van der Waals surface area contributed by atoms with E-state index in [1.54, 1.807) is 49.4 Å². The van der Waals surface area contributed by atoms with Crippen LogP contribution in [0.5, 0.6) is 0 Å². The second kappa shape index (κ2) is 12.6. The van der Waals surface area contributed by atoms with Gasteiger partial charge >= 0.3 is 12.6 Å². The fourth-order valence-corrected chi connectivity index (χ4v) is 6.25. The number of carbonyl (C=O) groups is 2. The molecule has 0 radical (unpaired) electrons. The molecule has 0 unspecified atom stereocenters. The summed E-state index contributed by atoms with van der Waals surface area (Å²) in [6.45, 7) is 6.68. The van der Waals surface area contributed by atoms with Gasteiger partial charge in [-0.25, -0.2) is 24.1 Å². The average Bonchev–Trinajstić information content (AvgIpc) is 3.36. The topological polar surface area (TPSA) is 146 Å². The van der Waals surface area contributed by atoms with Crippen molar-refractivity contribution in [3.63, 3.8) is 0 Å². The largest absolute Gasteiger partial charge is 0.447 e. The van der Waals surface area contributed by atoms with Crippen molar-refractivity contribution in [1.29, 1.82) is 0 Å². The van der Waals surface area contributed by atoms with Crippen LogP contribution in [0.1, 0.15) is 76.5 Å². The van der Waals surface area contributed by atoms with Gasteiger partial charge in [-0.15, -0.1) is 0 Å². The molecule has 1 aliphatic heterocycles. The number of rotatable bonds is 10. The quantitative estimate of drug-likeness (QED) is 0.198. The summed E-state index contributed by atoms with van der Waals surface area (Å²) in [5.41, 5.74) is 7.29. The molecule has 1 aliphatic carbocycles. The van der Waals surface area contributed by atoms with E-state index >= 15 is 0 Å². The SMILES string of the molecule is Cc1ncn(-c2cc([C@@H](COC(=O)NC3(C)CC3)N3C(=O)[C@@](CC(C)(C)C)(c4ccc(-c5cnn(C(F)F)c5)cc4)N=C3N)ccc2Cl)n1. The number of alkyl halides is 2. The predicted molar refractivity (Wildman–Crippen MR) is 179 cm³/mol. The van der Waals surface area contributed by atoms with Crippen LogP contribution >= 0.6 is 11.6 Å². The van der Waals surface area contributed by atoms with Crippen molar-refractivity contribution < 1.29 is 23.1 Å². The molecular formula is C34H38ClF2N9O3. The number of aliphatic imine (C=N–C) groups is 1. The molecule has 1 saturated carbocycles. The number of aryl methyl sites for hydroxylation is 1. The van der Waals surface area contributed by atoms with Crippen LogP contribution in [0.15, 0.2) is 66.2 Å². The normalized spacial score (nSPS) is 19.2. The molecule has 6 rings (SSSR count). The van der Waals surface area contributed by atoms with Gasteiger partial charge in [0.25, 0.3) is 5.91 Å². The molecule has 2 aromatic carbocycles. The van der Waals surface area contributed by atoms with E-state index in [2.05, 4.69) is 20.5 Å². The van der Waals surface area contributed by atoms with E-state index in [-0.39, 0.29) is 24.5 Å². The molecule has 49 heavy (non-hydrogen) atoms. The molecule has 1 fully saturated rings. The number of alkyl carbamates (subject to hydrolysis) is 1. The van der Waals surface area contributed by atoms with Crippen molar-refractivity contribution in [3.05, 3.63) is 83.2 Å². The molecule has 3 heterocycles. The molecular weight excluding hydrogens is 656 g/mol. The van der Waals surface area contributed by atoms with E-state index in [1.165, 1.54) is 28.3 Å². The van der Waals surface area contributed by atoms with Gasteiger partial charge in [-0.05, 0) is 67.3 Å². The second-order valence-electron chi connectivity index (χ2n) is 14.1. The lowest BCUT2D eigenvalue weighted by Crippen LogP contribution is -2.48. The minimum absolute atomic E-state index is 0.0483. The fraction of sp³-hybridized carbons (Fsp3) is 0.412. The summed E-state index contributed by atoms with van der Waals surface area (Å²) in [5.74, 6) is 0.0841. The number of aromatic nitrogens is 5. The molecule has 4 aromatic rings. The van der Waals surface area contributed by atoms with Crippen LogP contribution in [0.2, 0.25) is 5.02 Å². The number of ether oxygens (including phenoxy) is 1. The first-order chi connectivity index (χ1) is 23.1. The van der Waals surface area contributed by atoms with Crippen molar-refractivity contribution in [2.75, 3.05) is 6.61 Å². The minimum atomic E-state index is -2.76. The number of nitrogens with two attached hydrogens (primary N) is 1. The van der Waals surface area contributed by atoms with Crippen LogP contribution in [-0.2, 0) is 15.1 Å². The average molecular weight is 694 g/mol. The lowest BCUT2D eigenvalue weighted by Gasteiger charge is -2.35. The smallest absolute Gasteiger partial charge is 0.407 e. The molecule has 2 aliphatic rings. The Kier molecular flexibility index (Phi) is 8.72. The van der Waals surface area contributed by atoms with Crippen LogP contribution in [0, 0.1) is 12.3 Å². The van der Waals surface area contributed by atoms with Gasteiger partial charge in [-0.3, -0.25) is 9.69 Å². The van der Waals surface area contributed by atoms with Crippen molar-refractivity contribution in [2.24, 2.45) is 16.1 Å². The standard InChI is InChI=1S/C34H38ClF2N9O3/c1-20-39-19-45(43-20)26-14-22(8-11-25(26)35)27(17-49-31(48)42-33(5)12-13-33)46-28(47)34(41-30(46)38,18-32(2,3)4)24-9-6-21(7-10-24)23-15-40-44(16-23)29(36)37/h6-11,14-16,19,27,29H,12-13,17-18H2,1-5H3,(H2,38,41)(H,42,48)/t27-,34-/m1/s1. The van der Waals surface area contributed by atoms with Crippen LogP contribution < -0.4 is 11.1 Å². The predicted octanol–water partition coefficient (Wildman–Crippen LogP) is 6.30. The van der Waals surface area contributed by atoms with Crippen molar-refractivity contribution in [3.8, 4) is 16.8 Å². The van der Waals surface area contributed by atoms with E-state index in [0.717, 1.165) is 12.8 Å². The maximum atomic E-state index is 14.9. The highest BCUT2D eigenvalue weighted by Crippen LogP contribution is 2.45. The van der Waals surface area contributed by atoms with Crippen LogP contribution in [-0.4, -0.2) is 59.6 Å². The number of hydrogen-bond donors (Lipinski definition) is 2. The summed E-state index contributed by atoms with van der Waals surface area (Å²) in [5, 5.41) is 11.4. The Labute approximate surface area is 287 Å². The molecule has 3 N–H and O–H groups in total. The zero-order chi connectivity index (χ0) is 35.3. The van der Waals surface area contributed by atoms with E-state index in [4.69, 9.17) is 27.1 Å². The number of halogens is 3. The van der Waals surface area contributed by atoms with Gasteiger partial charge in [0.05, 0.1) is 22.9 Å². The molecule has 0 saturated heterocycles. The monoisotopic (exact) mass is 693 g/mol. The number of nitrogens with zero attached hydrogens (tertiary/aromatic N) is 7. The third-order valence-corrected chi connectivity index (χ3v) is 9.02. The first-order valence-corrected chi connectivity index (χ1v) is 16.2. The minimum Gasteiger partial charge on any atom is -0.447 e. The first-order valence-electron chi connectivity index (χ1n) is 15.8. The highest BCUT2D eigenvalue weighted by molar-refractivity contribution is 6.32. The van der Waals surface area contributed by atoms with Crippen molar-refractivity contribution >= 4 is 29.6 Å². The Morgan fingerprint density at radius 1 is 1.14 bits per heavy atom. The molecule has 0 spiro atoms. The summed E-state index contributed by atoms with van der Waals surface area (Å²) < 4.78 is 34.2. The Hall–Kier alpha value is -4.85. The maximum Gasteiger partial charge on any atom is 0.407 e. The number of carbonyl (C=O) groups excluding carboxylic acids is 2. The van der Waals surface area contributed by atoms with Gasteiger partial charge in [0.15, 0.2) is 11.5 Å². The van der Waals surface area contributed by atoms with Gasteiger partial charge in [0.2, 0.25) is 0 Å². The Bertz CT molecular complexity index is 1910. The van der Waals surface area contributed by atoms with Gasteiger partial charge in [0.1, 0.15) is 18.8 Å². The van der Waals surface area contributed by atoms with Crippen molar-refractivity contribution in [2.45, 2.75) is 77.6 Å². The summed E-state index contributed by atoms with van der Waals surface area (Å²) in [6.07, 6.45) is 5.51. The lowest BCUT2D eigenvalue weighted by molar-refractivity contribution is -0.135. The third kappa shape index (κ3) is 7.00. The van der Waals surface area contributed by atoms with Crippen LogP contribution in [0.4, 0.5) is 13.6 Å². The Balaban J connectivity index is 1.39. The number of nitrogens with one attached hydrogen (secondary N) is 1. The van der Waals surface area contributed by atoms with Gasteiger partial charge in [0, 0.05) is 17.3 Å². The number of benzene rings is 2. The van der Waals surface area contributed by atoms with Crippen LogP contribution in [0.25, 0.3) is 16.8 Å². The van der Waals surface area contributed by atoms with Crippen molar-refractivity contribution in [1.82, 2.24) is 34.8 Å². The van der Waals surface area contributed by atoms with E-state index in [0.29, 0.717) is 43.5 Å². The molecule has 2 amide bonds. The summed E-state index contributed by atoms with van der Waals surface area (Å²) in [4.78, 5) is 38.2. The summed E-state index contributed by atoms with van der Waals surface area (Å²) >= 11 is 6.59. The third-order valence-electron chi connectivity index (χ3n) is 8.70. The van der Waals surface area contributed by atoms with Crippen LogP contribution in [0.3, 0.4) is 0 Å². The maximum absolute atomic E-state index is 14.9.